The number of ether oxygens (including phenoxy) is 2. The lowest BCUT2D eigenvalue weighted by Gasteiger charge is -2.19. The molecule has 28 heavy (non-hydrogen) atoms. The summed E-state index contributed by atoms with van der Waals surface area (Å²) in [6.07, 6.45) is 0. The Hall–Kier alpha value is -1.27. The van der Waals surface area contributed by atoms with E-state index in [-0.39, 0.29) is 0 Å². The Morgan fingerprint density at radius 1 is 1.04 bits per heavy atom. The van der Waals surface area contributed by atoms with Gasteiger partial charge in [0, 0.05) is 24.7 Å². The van der Waals surface area contributed by atoms with Crippen LogP contribution in [0.15, 0.2) is 40.9 Å². The lowest BCUT2D eigenvalue weighted by atomic mass is 10.2. The van der Waals surface area contributed by atoms with Gasteiger partial charge in [-0.1, -0.05) is 37.6 Å². The fourth-order valence-electron chi connectivity index (χ4n) is 2.92. The summed E-state index contributed by atoms with van der Waals surface area (Å²) in [6, 6.07) is 11.8. The maximum absolute atomic E-state index is 6.06. The lowest BCUT2D eigenvalue weighted by Crippen LogP contribution is -2.31. The lowest BCUT2D eigenvalue weighted by molar-refractivity contribution is 0.267. The molecule has 1 N–H and O–H groups in total. The highest BCUT2D eigenvalue weighted by Crippen LogP contribution is 2.37. The Bertz CT molecular complexity index is 738. The number of likely N-dealkylation sites (N-methyl/N-ethyl adjacent to an activating group) is 1. The van der Waals surface area contributed by atoms with E-state index >= 15 is 0 Å². The van der Waals surface area contributed by atoms with Crippen molar-refractivity contribution in [2.24, 2.45) is 0 Å². The van der Waals surface area contributed by atoms with Gasteiger partial charge in [0.15, 0.2) is 11.5 Å². The van der Waals surface area contributed by atoms with Gasteiger partial charge < -0.3 is 19.7 Å². The molecule has 0 saturated heterocycles. The first-order valence-corrected chi connectivity index (χ1v) is 11.0. The van der Waals surface area contributed by atoms with Crippen LogP contribution in [0.2, 0.25) is 5.02 Å². The molecule has 0 aliphatic rings. The second-order valence-corrected chi connectivity index (χ2v) is 7.75. The van der Waals surface area contributed by atoms with Crippen LogP contribution in [0.5, 0.6) is 11.5 Å². The topological polar surface area (TPSA) is 33.7 Å². The first kappa shape index (κ1) is 23.0. The molecule has 154 valence electrons. The summed E-state index contributed by atoms with van der Waals surface area (Å²) >= 11 is 9.70. The highest BCUT2D eigenvalue weighted by Gasteiger charge is 2.13. The first-order valence-electron chi connectivity index (χ1n) is 9.82. The predicted molar refractivity (Wildman–Crippen MR) is 121 cm³/mol. The molecule has 0 aromatic heterocycles. The van der Waals surface area contributed by atoms with Crippen molar-refractivity contribution in [3.05, 3.63) is 57.0 Å². The molecule has 2 rings (SSSR count). The minimum absolute atomic E-state index is 0.431. The van der Waals surface area contributed by atoms with Crippen molar-refractivity contribution >= 4 is 27.5 Å². The summed E-state index contributed by atoms with van der Waals surface area (Å²) in [4.78, 5) is 2.40. The van der Waals surface area contributed by atoms with E-state index in [9.17, 15) is 0 Å². The average Bonchev–Trinajstić information content (AvgIpc) is 2.68. The van der Waals surface area contributed by atoms with Crippen LogP contribution in [-0.4, -0.2) is 37.7 Å². The largest absolute Gasteiger partial charge is 0.490 e. The molecule has 6 heteroatoms. The van der Waals surface area contributed by atoms with Gasteiger partial charge in [-0.3, -0.25) is 0 Å². The Morgan fingerprint density at radius 3 is 2.50 bits per heavy atom. The minimum atomic E-state index is 0.431. The van der Waals surface area contributed by atoms with Crippen LogP contribution in [-0.2, 0) is 13.2 Å². The molecule has 0 unspecified atom stereocenters. The average molecular weight is 470 g/mol. The second-order valence-electron chi connectivity index (χ2n) is 6.46. The molecule has 0 bridgehead atoms. The molecule has 0 fully saturated rings. The quantitative estimate of drug-likeness (QED) is 0.415. The summed E-state index contributed by atoms with van der Waals surface area (Å²) in [6.45, 7) is 12.3. The number of hydrogen-bond acceptors (Lipinski definition) is 4. The zero-order valence-corrected chi connectivity index (χ0v) is 19.3. The second kappa shape index (κ2) is 12.3. The molecule has 0 aliphatic heterocycles. The molecule has 2 aromatic rings. The summed E-state index contributed by atoms with van der Waals surface area (Å²) in [5, 5.41) is 4.21. The molecule has 0 aliphatic carbocycles. The van der Waals surface area contributed by atoms with E-state index in [1.807, 2.05) is 37.3 Å². The van der Waals surface area contributed by atoms with Crippen LogP contribution in [0, 0.1) is 0 Å². The third kappa shape index (κ3) is 7.28. The fourth-order valence-corrected chi connectivity index (χ4v) is 3.74. The third-order valence-electron chi connectivity index (χ3n) is 4.47. The van der Waals surface area contributed by atoms with Gasteiger partial charge in [0.25, 0.3) is 0 Å². The highest BCUT2D eigenvalue weighted by molar-refractivity contribution is 9.10. The van der Waals surface area contributed by atoms with Crippen molar-refractivity contribution in [1.82, 2.24) is 10.2 Å². The van der Waals surface area contributed by atoms with E-state index in [0.29, 0.717) is 24.0 Å². The Morgan fingerprint density at radius 2 is 1.82 bits per heavy atom. The Labute approximate surface area is 182 Å². The number of rotatable bonds is 12. The summed E-state index contributed by atoms with van der Waals surface area (Å²) in [7, 11) is 0. The van der Waals surface area contributed by atoms with E-state index < -0.39 is 0 Å². The molecular formula is C22H30BrClN2O2. The van der Waals surface area contributed by atoms with Crippen molar-refractivity contribution in [2.45, 2.75) is 33.9 Å². The molecule has 0 heterocycles. The van der Waals surface area contributed by atoms with Gasteiger partial charge in [0.1, 0.15) is 6.61 Å². The molecule has 0 spiro atoms. The van der Waals surface area contributed by atoms with Gasteiger partial charge in [-0.05, 0) is 71.3 Å². The van der Waals surface area contributed by atoms with Crippen LogP contribution in [0.25, 0.3) is 0 Å². The van der Waals surface area contributed by atoms with Crippen molar-refractivity contribution in [1.29, 1.82) is 0 Å². The van der Waals surface area contributed by atoms with E-state index in [2.05, 4.69) is 46.1 Å². The number of halogens is 2. The molecule has 0 atom stereocenters. The maximum Gasteiger partial charge on any atom is 0.175 e. The monoisotopic (exact) mass is 468 g/mol. The van der Waals surface area contributed by atoms with Crippen LogP contribution in [0.4, 0.5) is 0 Å². The van der Waals surface area contributed by atoms with E-state index in [1.54, 1.807) is 0 Å². The van der Waals surface area contributed by atoms with Gasteiger partial charge in [-0.15, -0.1) is 0 Å². The van der Waals surface area contributed by atoms with Crippen molar-refractivity contribution in [3.8, 4) is 11.5 Å². The molecule has 4 nitrogen and oxygen atoms in total. The first-order chi connectivity index (χ1) is 13.6. The van der Waals surface area contributed by atoms with Gasteiger partial charge in [-0.2, -0.15) is 0 Å². The zero-order valence-electron chi connectivity index (χ0n) is 16.9. The van der Waals surface area contributed by atoms with Crippen LogP contribution < -0.4 is 14.8 Å². The summed E-state index contributed by atoms with van der Waals surface area (Å²) in [5.74, 6) is 1.47. The number of nitrogens with one attached hydrogen (secondary N) is 1. The van der Waals surface area contributed by atoms with Crippen LogP contribution >= 0.6 is 27.5 Å². The number of benzene rings is 2. The van der Waals surface area contributed by atoms with E-state index in [1.165, 1.54) is 0 Å². The Kier molecular flexibility index (Phi) is 10.1. The normalized spacial score (nSPS) is 11.1. The van der Waals surface area contributed by atoms with E-state index in [4.69, 9.17) is 21.1 Å². The van der Waals surface area contributed by atoms with Crippen LogP contribution in [0.3, 0.4) is 0 Å². The fraction of sp³-hybridized carbons (Fsp3) is 0.455. The maximum atomic E-state index is 6.06. The SMILES string of the molecule is CCOc1cc(CNCCN(CC)CC)cc(Br)c1OCc1cccc(Cl)c1. The van der Waals surface area contributed by atoms with Gasteiger partial charge in [-0.25, -0.2) is 0 Å². The van der Waals surface area contributed by atoms with E-state index in [0.717, 1.165) is 54.1 Å². The highest BCUT2D eigenvalue weighted by atomic mass is 79.9. The molecule has 0 amide bonds. The minimum Gasteiger partial charge on any atom is -0.490 e. The van der Waals surface area contributed by atoms with Crippen LogP contribution in [0.1, 0.15) is 31.9 Å². The van der Waals surface area contributed by atoms with Crippen molar-refractivity contribution in [3.63, 3.8) is 0 Å². The molecule has 2 aromatic carbocycles. The number of hydrogen-bond donors (Lipinski definition) is 1. The molecular weight excluding hydrogens is 440 g/mol. The summed E-state index contributed by atoms with van der Waals surface area (Å²) < 4.78 is 12.8. The Balaban J connectivity index is 2.01. The molecule has 0 radical (unpaired) electrons. The van der Waals surface area contributed by atoms with Crippen molar-refractivity contribution < 1.29 is 9.47 Å². The summed E-state index contributed by atoms with van der Waals surface area (Å²) in [5.41, 5.74) is 2.17. The van der Waals surface area contributed by atoms with Crippen molar-refractivity contribution in [2.75, 3.05) is 32.8 Å². The standard InChI is InChI=1S/C22H30BrClN2O2/c1-4-26(5-2)11-10-25-15-18-13-20(23)22(21(14-18)27-6-3)28-16-17-8-7-9-19(24)12-17/h7-9,12-14,25H,4-6,10-11,15-16H2,1-3H3. The predicted octanol–water partition coefficient (Wildman–Crippen LogP) is 5.51. The van der Waals surface area contributed by atoms with Gasteiger partial charge in [0.05, 0.1) is 11.1 Å². The smallest absolute Gasteiger partial charge is 0.175 e. The zero-order chi connectivity index (χ0) is 20.4. The van der Waals surface area contributed by atoms with Gasteiger partial charge >= 0.3 is 0 Å². The van der Waals surface area contributed by atoms with Gasteiger partial charge in [0.2, 0.25) is 0 Å². The third-order valence-corrected chi connectivity index (χ3v) is 5.29. The number of nitrogens with zero attached hydrogens (tertiary/aromatic N) is 1. The molecule has 0 saturated carbocycles.